The SMILES string of the molecule is CNc1nc(-c2cc(Cl)cc(Cl)c2)ccc1NCC1CC1. The zero-order valence-corrected chi connectivity index (χ0v) is 13.3. The Hall–Kier alpha value is -1.45. The number of aromatic nitrogens is 1. The minimum atomic E-state index is 0.612. The lowest BCUT2D eigenvalue weighted by molar-refractivity contribution is 0.888. The van der Waals surface area contributed by atoms with Gasteiger partial charge in [-0.1, -0.05) is 23.2 Å². The lowest BCUT2D eigenvalue weighted by atomic mass is 10.1. The summed E-state index contributed by atoms with van der Waals surface area (Å²) in [7, 11) is 1.87. The molecule has 3 rings (SSSR count). The summed E-state index contributed by atoms with van der Waals surface area (Å²) in [5.41, 5.74) is 2.79. The van der Waals surface area contributed by atoms with Gasteiger partial charge in [-0.15, -0.1) is 0 Å². The fourth-order valence-corrected chi connectivity index (χ4v) is 2.76. The van der Waals surface area contributed by atoms with Gasteiger partial charge in [0.2, 0.25) is 0 Å². The number of hydrogen-bond donors (Lipinski definition) is 2. The molecule has 3 nitrogen and oxygen atoms in total. The van der Waals surface area contributed by atoms with Crippen molar-refractivity contribution in [3.05, 3.63) is 40.4 Å². The van der Waals surface area contributed by atoms with Gasteiger partial charge in [0.1, 0.15) is 5.82 Å². The topological polar surface area (TPSA) is 37.0 Å². The van der Waals surface area contributed by atoms with Gasteiger partial charge in [-0.2, -0.15) is 0 Å². The molecule has 0 radical (unpaired) electrons. The molecule has 0 amide bonds. The van der Waals surface area contributed by atoms with E-state index >= 15 is 0 Å². The predicted molar refractivity (Wildman–Crippen MR) is 90.5 cm³/mol. The van der Waals surface area contributed by atoms with E-state index in [2.05, 4.69) is 15.6 Å². The standard InChI is InChI=1S/C16H17Cl2N3/c1-19-16-15(20-9-10-2-3-10)5-4-14(21-16)11-6-12(17)8-13(18)7-11/h4-8,10,20H,2-3,9H2,1H3,(H,19,21). The van der Waals surface area contributed by atoms with Gasteiger partial charge in [0.05, 0.1) is 11.4 Å². The molecule has 1 heterocycles. The van der Waals surface area contributed by atoms with Crippen LogP contribution in [0, 0.1) is 5.92 Å². The summed E-state index contributed by atoms with van der Waals surface area (Å²) in [4.78, 5) is 4.65. The second kappa shape index (κ2) is 6.12. The second-order valence-corrected chi connectivity index (χ2v) is 6.20. The highest BCUT2D eigenvalue weighted by Gasteiger charge is 2.21. The van der Waals surface area contributed by atoms with Crippen molar-refractivity contribution in [2.45, 2.75) is 12.8 Å². The molecule has 0 saturated heterocycles. The van der Waals surface area contributed by atoms with Crippen molar-refractivity contribution in [2.24, 2.45) is 5.92 Å². The number of halogens is 2. The van der Waals surface area contributed by atoms with Gasteiger partial charge in [0, 0.05) is 29.2 Å². The summed E-state index contributed by atoms with van der Waals surface area (Å²) in [6, 6.07) is 9.49. The Labute approximate surface area is 134 Å². The van der Waals surface area contributed by atoms with E-state index in [0.29, 0.717) is 10.0 Å². The summed E-state index contributed by atoms with van der Waals surface area (Å²) >= 11 is 12.1. The normalized spacial score (nSPS) is 14.0. The van der Waals surface area contributed by atoms with E-state index in [-0.39, 0.29) is 0 Å². The monoisotopic (exact) mass is 321 g/mol. The summed E-state index contributed by atoms with van der Waals surface area (Å²) in [6.45, 7) is 1.01. The maximum Gasteiger partial charge on any atom is 0.149 e. The Balaban J connectivity index is 1.88. The van der Waals surface area contributed by atoms with E-state index in [4.69, 9.17) is 23.2 Å². The maximum atomic E-state index is 6.06. The Morgan fingerprint density at radius 1 is 1.14 bits per heavy atom. The van der Waals surface area contributed by atoms with E-state index in [9.17, 15) is 0 Å². The Morgan fingerprint density at radius 3 is 2.48 bits per heavy atom. The van der Waals surface area contributed by atoms with Crippen LogP contribution in [0.2, 0.25) is 10.0 Å². The molecule has 1 fully saturated rings. The minimum Gasteiger partial charge on any atom is -0.382 e. The van der Waals surface area contributed by atoms with Crippen molar-refractivity contribution in [3.63, 3.8) is 0 Å². The highest BCUT2D eigenvalue weighted by molar-refractivity contribution is 6.35. The van der Waals surface area contributed by atoms with Crippen LogP contribution >= 0.6 is 23.2 Å². The van der Waals surface area contributed by atoms with Crippen molar-refractivity contribution in [1.82, 2.24) is 4.98 Å². The van der Waals surface area contributed by atoms with Crippen molar-refractivity contribution in [1.29, 1.82) is 0 Å². The van der Waals surface area contributed by atoms with Crippen LogP contribution < -0.4 is 10.6 Å². The van der Waals surface area contributed by atoms with E-state index in [0.717, 1.165) is 35.2 Å². The average molecular weight is 322 g/mol. The molecule has 1 aromatic heterocycles. The molecule has 0 spiro atoms. The first kappa shape index (κ1) is 14.5. The van der Waals surface area contributed by atoms with Crippen LogP contribution in [0.25, 0.3) is 11.3 Å². The van der Waals surface area contributed by atoms with Gasteiger partial charge in [-0.3, -0.25) is 0 Å². The van der Waals surface area contributed by atoms with Crippen LogP contribution in [0.4, 0.5) is 11.5 Å². The molecule has 110 valence electrons. The van der Waals surface area contributed by atoms with Crippen LogP contribution in [0.5, 0.6) is 0 Å². The number of nitrogens with one attached hydrogen (secondary N) is 2. The molecule has 0 unspecified atom stereocenters. The molecule has 1 aliphatic rings. The van der Waals surface area contributed by atoms with Crippen molar-refractivity contribution < 1.29 is 0 Å². The van der Waals surface area contributed by atoms with Crippen LogP contribution in [-0.2, 0) is 0 Å². The molecule has 2 N–H and O–H groups in total. The Kier molecular flexibility index (Phi) is 4.22. The lowest BCUT2D eigenvalue weighted by Crippen LogP contribution is -2.07. The van der Waals surface area contributed by atoms with E-state index in [1.165, 1.54) is 12.8 Å². The Bertz CT molecular complexity index is 634. The number of pyridine rings is 1. The zero-order chi connectivity index (χ0) is 14.8. The van der Waals surface area contributed by atoms with E-state index < -0.39 is 0 Å². The quantitative estimate of drug-likeness (QED) is 0.820. The first-order chi connectivity index (χ1) is 10.2. The van der Waals surface area contributed by atoms with Gasteiger partial charge < -0.3 is 10.6 Å². The second-order valence-electron chi connectivity index (χ2n) is 5.33. The smallest absolute Gasteiger partial charge is 0.149 e. The number of benzene rings is 1. The van der Waals surface area contributed by atoms with Crippen LogP contribution in [-0.4, -0.2) is 18.6 Å². The molecule has 1 saturated carbocycles. The van der Waals surface area contributed by atoms with Crippen LogP contribution in [0.3, 0.4) is 0 Å². The fraction of sp³-hybridized carbons (Fsp3) is 0.312. The van der Waals surface area contributed by atoms with Gasteiger partial charge in [0.25, 0.3) is 0 Å². The third kappa shape index (κ3) is 3.60. The van der Waals surface area contributed by atoms with Crippen molar-refractivity contribution in [2.75, 3.05) is 24.2 Å². The van der Waals surface area contributed by atoms with Gasteiger partial charge >= 0.3 is 0 Å². The summed E-state index contributed by atoms with van der Waals surface area (Å²) in [6.07, 6.45) is 2.66. The van der Waals surface area contributed by atoms with E-state index in [1.54, 1.807) is 6.07 Å². The number of nitrogens with zero attached hydrogens (tertiary/aromatic N) is 1. The molecular formula is C16H17Cl2N3. The molecule has 0 aliphatic heterocycles. The average Bonchev–Trinajstić information content (AvgIpc) is 3.28. The summed E-state index contributed by atoms with van der Waals surface area (Å²) in [5.74, 6) is 1.66. The van der Waals surface area contributed by atoms with Gasteiger partial charge in [-0.05, 0) is 49.1 Å². The molecule has 2 aromatic rings. The zero-order valence-electron chi connectivity index (χ0n) is 11.8. The first-order valence-electron chi connectivity index (χ1n) is 7.05. The van der Waals surface area contributed by atoms with Gasteiger partial charge in [-0.25, -0.2) is 4.98 Å². The minimum absolute atomic E-state index is 0.612. The number of hydrogen-bond acceptors (Lipinski definition) is 3. The largest absolute Gasteiger partial charge is 0.382 e. The molecule has 0 atom stereocenters. The van der Waals surface area contributed by atoms with Crippen molar-refractivity contribution in [3.8, 4) is 11.3 Å². The fourth-order valence-electron chi connectivity index (χ4n) is 2.23. The van der Waals surface area contributed by atoms with Crippen LogP contribution in [0.15, 0.2) is 30.3 Å². The van der Waals surface area contributed by atoms with Crippen molar-refractivity contribution >= 4 is 34.7 Å². The molecule has 1 aliphatic carbocycles. The number of anilines is 2. The number of rotatable bonds is 5. The third-order valence-electron chi connectivity index (χ3n) is 3.57. The third-order valence-corrected chi connectivity index (χ3v) is 4.00. The van der Waals surface area contributed by atoms with E-state index in [1.807, 2.05) is 31.3 Å². The maximum absolute atomic E-state index is 6.06. The molecule has 1 aromatic carbocycles. The highest BCUT2D eigenvalue weighted by Crippen LogP contribution is 2.32. The molecular weight excluding hydrogens is 305 g/mol. The Morgan fingerprint density at radius 2 is 1.86 bits per heavy atom. The van der Waals surface area contributed by atoms with Gasteiger partial charge in [0.15, 0.2) is 0 Å². The molecule has 21 heavy (non-hydrogen) atoms. The highest BCUT2D eigenvalue weighted by atomic mass is 35.5. The molecule has 5 heteroatoms. The molecule has 0 bridgehead atoms. The predicted octanol–water partition coefficient (Wildman–Crippen LogP) is 4.92. The van der Waals surface area contributed by atoms with Crippen LogP contribution in [0.1, 0.15) is 12.8 Å². The first-order valence-corrected chi connectivity index (χ1v) is 7.80. The summed E-state index contributed by atoms with van der Waals surface area (Å²) in [5, 5.41) is 7.81. The lowest BCUT2D eigenvalue weighted by Gasteiger charge is -2.12. The summed E-state index contributed by atoms with van der Waals surface area (Å²) < 4.78 is 0.